The first kappa shape index (κ1) is 12.3. The van der Waals surface area contributed by atoms with Crippen molar-refractivity contribution >= 4 is 23.4 Å². The first-order chi connectivity index (χ1) is 8.13. The van der Waals surface area contributed by atoms with E-state index in [4.69, 9.17) is 26.8 Å². The molecule has 1 aromatic rings. The van der Waals surface area contributed by atoms with Gasteiger partial charge in [0.1, 0.15) is 23.2 Å². The Morgan fingerprint density at radius 3 is 2.35 bits per heavy atom. The van der Waals surface area contributed by atoms with Gasteiger partial charge in [0, 0.05) is 33.4 Å². The molecule has 2 heterocycles. The second kappa shape index (κ2) is 5.03. The van der Waals surface area contributed by atoms with Crippen LogP contribution >= 0.6 is 11.6 Å². The van der Waals surface area contributed by atoms with Crippen molar-refractivity contribution in [3.8, 4) is 0 Å². The average Bonchev–Trinajstić information content (AvgIpc) is 2.70. The molecule has 2 unspecified atom stereocenters. The van der Waals surface area contributed by atoms with E-state index in [1.165, 1.54) is 0 Å². The SMILES string of the molecule is COC1CN(c2cc(Cl)nc(N)n2)CC1OC. The number of aromatic nitrogens is 2. The van der Waals surface area contributed by atoms with E-state index in [0.29, 0.717) is 24.1 Å². The standard InChI is InChI=1S/C10H15ClN4O2/c1-16-6-4-15(5-7(6)17-2)9-3-8(11)13-10(12)14-9/h3,6-7H,4-5H2,1-2H3,(H2,12,13,14). The molecular weight excluding hydrogens is 244 g/mol. The highest BCUT2D eigenvalue weighted by molar-refractivity contribution is 6.29. The molecule has 17 heavy (non-hydrogen) atoms. The minimum atomic E-state index is 0.0231. The number of anilines is 2. The summed E-state index contributed by atoms with van der Waals surface area (Å²) in [5.41, 5.74) is 5.57. The molecule has 0 amide bonds. The van der Waals surface area contributed by atoms with Gasteiger partial charge in [0.2, 0.25) is 5.95 Å². The highest BCUT2D eigenvalue weighted by atomic mass is 35.5. The van der Waals surface area contributed by atoms with E-state index in [1.807, 2.05) is 4.90 Å². The molecule has 2 rings (SSSR count). The van der Waals surface area contributed by atoms with Crippen LogP contribution in [0.4, 0.5) is 11.8 Å². The van der Waals surface area contributed by atoms with Crippen LogP contribution in [0.1, 0.15) is 0 Å². The Labute approximate surface area is 105 Å². The van der Waals surface area contributed by atoms with Gasteiger partial charge in [-0.25, -0.2) is 4.98 Å². The van der Waals surface area contributed by atoms with Crippen molar-refractivity contribution < 1.29 is 9.47 Å². The Kier molecular flexibility index (Phi) is 3.66. The molecule has 1 aliphatic heterocycles. The molecule has 2 N–H and O–H groups in total. The first-order valence-electron chi connectivity index (χ1n) is 5.24. The van der Waals surface area contributed by atoms with Gasteiger partial charge in [-0.05, 0) is 0 Å². The van der Waals surface area contributed by atoms with Crippen LogP contribution in [0.5, 0.6) is 0 Å². The number of nitrogens with zero attached hydrogens (tertiary/aromatic N) is 3. The molecule has 94 valence electrons. The topological polar surface area (TPSA) is 73.5 Å². The predicted molar refractivity (Wildman–Crippen MR) is 65.3 cm³/mol. The van der Waals surface area contributed by atoms with Crippen molar-refractivity contribution in [2.24, 2.45) is 0 Å². The zero-order valence-electron chi connectivity index (χ0n) is 9.76. The number of hydrogen-bond acceptors (Lipinski definition) is 6. The quantitative estimate of drug-likeness (QED) is 0.799. The molecule has 1 saturated heterocycles. The van der Waals surface area contributed by atoms with E-state index >= 15 is 0 Å². The number of nitrogens with two attached hydrogens (primary N) is 1. The van der Waals surface area contributed by atoms with E-state index < -0.39 is 0 Å². The van der Waals surface area contributed by atoms with E-state index in [-0.39, 0.29) is 18.2 Å². The fourth-order valence-corrected chi connectivity index (χ4v) is 2.15. The highest BCUT2D eigenvalue weighted by Crippen LogP contribution is 2.24. The summed E-state index contributed by atoms with van der Waals surface area (Å²) < 4.78 is 10.7. The zero-order valence-corrected chi connectivity index (χ0v) is 10.5. The smallest absolute Gasteiger partial charge is 0.223 e. The first-order valence-corrected chi connectivity index (χ1v) is 5.62. The summed E-state index contributed by atoms with van der Waals surface area (Å²) in [4.78, 5) is 10.00. The fourth-order valence-electron chi connectivity index (χ4n) is 1.97. The fraction of sp³-hybridized carbons (Fsp3) is 0.600. The average molecular weight is 259 g/mol. The highest BCUT2D eigenvalue weighted by Gasteiger charge is 2.33. The summed E-state index contributed by atoms with van der Waals surface area (Å²) in [5, 5.41) is 0.335. The third kappa shape index (κ3) is 2.59. The van der Waals surface area contributed by atoms with Crippen LogP contribution in [0.25, 0.3) is 0 Å². The molecular formula is C10H15ClN4O2. The lowest BCUT2D eigenvalue weighted by molar-refractivity contribution is -0.00461. The maximum Gasteiger partial charge on any atom is 0.223 e. The van der Waals surface area contributed by atoms with E-state index in [0.717, 1.165) is 0 Å². The van der Waals surface area contributed by atoms with Gasteiger partial charge in [-0.2, -0.15) is 4.98 Å². The van der Waals surface area contributed by atoms with Crippen LogP contribution in [-0.2, 0) is 9.47 Å². The van der Waals surface area contributed by atoms with Crippen LogP contribution in [0.3, 0.4) is 0 Å². The Bertz CT molecular complexity index is 372. The minimum Gasteiger partial charge on any atom is -0.377 e. The van der Waals surface area contributed by atoms with E-state index in [9.17, 15) is 0 Å². The Morgan fingerprint density at radius 1 is 1.29 bits per heavy atom. The lowest BCUT2D eigenvalue weighted by Crippen LogP contribution is -2.27. The maximum absolute atomic E-state index is 5.85. The third-order valence-corrected chi connectivity index (χ3v) is 3.04. The number of rotatable bonds is 3. The third-order valence-electron chi connectivity index (χ3n) is 2.84. The maximum atomic E-state index is 5.85. The molecule has 0 radical (unpaired) electrons. The Hall–Kier alpha value is -1.11. The molecule has 2 atom stereocenters. The molecule has 1 aromatic heterocycles. The van der Waals surface area contributed by atoms with Crippen molar-refractivity contribution in [1.29, 1.82) is 0 Å². The molecule has 1 aliphatic rings. The second-order valence-corrected chi connectivity index (χ2v) is 4.25. The normalized spacial score (nSPS) is 24.3. The van der Waals surface area contributed by atoms with Gasteiger partial charge in [-0.15, -0.1) is 0 Å². The summed E-state index contributed by atoms with van der Waals surface area (Å²) >= 11 is 5.85. The van der Waals surface area contributed by atoms with Crippen molar-refractivity contribution in [2.45, 2.75) is 12.2 Å². The summed E-state index contributed by atoms with van der Waals surface area (Å²) in [5.74, 6) is 0.867. The number of hydrogen-bond donors (Lipinski definition) is 1. The molecule has 0 saturated carbocycles. The second-order valence-electron chi connectivity index (χ2n) is 3.86. The van der Waals surface area contributed by atoms with Gasteiger partial charge in [-0.3, -0.25) is 0 Å². The van der Waals surface area contributed by atoms with Crippen LogP contribution in [-0.4, -0.2) is 49.5 Å². The number of halogens is 1. The van der Waals surface area contributed by atoms with Gasteiger partial charge in [0.25, 0.3) is 0 Å². The summed E-state index contributed by atoms with van der Waals surface area (Å²) in [6, 6.07) is 1.68. The molecule has 0 bridgehead atoms. The summed E-state index contributed by atoms with van der Waals surface area (Å²) in [6.45, 7) is 1.39. The number of nitrogen functional groups attached to an aromatic ring is 1. The lowest BCUT2D eigenvalue weighted by Gasteiger charge is -2.16. The zero-order chi connectivity index (χ0) is 12.4. The molecule has 6 nitrogen and oxygen atoms in total. The lowest BCUT2D eigenvalue weighted by atomic mass is 10.3. The van der Waals surface area contributed by atoms with Gasteiger partial charge < -0.3 is 20.1 Å². The van der Waals surface area contributed by atoms with Crippen LogP contribution in [0, 0.1) is 0 Å². The predicted octanol–water partition coefficient (Wildman–Crippen LogP) is 0.562. The summed E-state index contributed by atoms with van der Waals surface area (Å²) in [7, 11) is 3.34. The minimum absolute atomic E-state index is 0.0231. The van der Waals surface area contributed by atoms with Gasteiger partial charge in [-0.1, -0.05) is 11.6 Å². The van der Waals surface area contributed by atoms with Crippen LogP contribution < -0.4 is 10.6 Å². The van der Waals surface area contributed by atoms with Crippen molar-refractivity contribution in [3.63, 3.8) is 0 Å². The summed E-state index contributed by atoms with van der Waals surface area (Å²) in [6.07, 6.45) is 0.0462. The van der Waals surface area contributed by atoms with Crippen molar-refractivity contribution in [2.75, 3.05) is 37.9 Å². The van der Waals surface area contributed by atoms with Gasteiger partial charge in [0.15, 0.2) is 0 Å². The van der Waals surface area contributed by atoms with Crippen molar-refractivity contribution in [3.05, 3.63) is 11.2 Å². The number of ether oxygens (including phenoxy) is 2. The Morgan fingerprint density at radius 2 is 1.88 bits per heavy atom. The van der Waals surface area contributed by atoms with Crippen LogP contribution in [0.2, 0.25) is 5.15 Å². The number of methoxy groups -OCH3 is 2. The van der Waals surface area contributed by atoms with E-state index in [2.05, 4.69) is 9.97 Å². The molecule has 7 heteroatoms. The molecule has 1 fully saturated rings. The monoisotopic (exact) mass is 258 g/mol. The Balaban J connectivity index is 2.18. The molecule has 0 spiro atoms. The van der Waals surface area contributed by atoms with Gasteiger partial charge >= 0.3 is 0 Å². The van der Waals surface area contributed by atoms with Crippen molar-refractivity contribution in [1.82, 2.24) is 9.97 Å². The molecule has 0 aromatic carbocycles. The van der Waals surface area contributed by atoms with Gasteiger partial charge in [0.05, 0.1) is 0 Å². The van der Waals surface area contributed by atoms with Crippen LogP contribution in [0.15, 0.2) is 6.07 Å². The largest absolute Gasteiger partial charge is 0.377 e. The van der Waals surface area contributed by atoms with E-state index in [1.54, 1.807) is 20.3 Å². The molecule has 0 aliphatic carbocycles.